The molecule has 0 unspecified atom stereocenters. The molecule has 2 heterocycles. The number of carbonyl (C=O) groups excluding carboxylic acids is 1. The number of hydrogen-bond donors (Lipinski definition) is 2. The number of fused-ring (bicyclic) bond motifs is 1. The van der Waals surface area contributed by atoms with Crippen molar-refractivity contribution in [2.45, 2.75) is 29.8 Å². The molecular weight excluding hydrogens is 535 g/mol. The maximum Gasteiger partial charge on any atom is 0.230 e. The smallest absolute Gasteiger partial charge is 0.230 e. The molecule has 182 valence electrons. The van der Waals surface area contributed by atoms with Crippen LogP contribution in [0.2, 0.25) is 10.0 Å². The lowest BCUT2D eigenvalue weighted by Gasteiger charge is -2.32. The summed E-state index contributed by atoms with van der Waals surface area (Å²) in [6.07, 6.45) is 2.91. The molecule has 0 aliphatic carbocycles. The summed E-state index contributed by atoms with van der Waals surface area (Å²) in [5.74, 6) is 0.282. The normalized spacial score (nSPS) is 15.5. The Morgan fingerprint density at radius 2 is 1.94 bits per heavy atom. The summed E-state index contributed by atoms with van der Waals surface area (Å²) >= 11 is 14.9. The highest BCUT2D eigenvalue weighted by Gasteiger charge is 2.21. The number of nitrogens with zero attached hydrogens (tertiary/aromatic N) is 2. The van der Waals surface area contributed by atoms with Crippen molar-refractivity contribution >= 4 is 78.1 Å². The van der Waals surface area contributed by atoms with Gasteiger partial charge in [-0.05, 0) is 48.7 Å². The van der Waals surface area contributed by atoms with Crippen LogP contribution in [0.1, 0.15) is 18.4 Å². The van der Waals surface area contributed by atoms with Gasteiger partial charge in [0, 0.05) is 25.7 Å². The molecule has 1 fully saturated rings. The Kier molecular flexibility index (Phi) is 8.27. The molecule has 0 saturated carbocycles. The van der Waals surface area contributed by atoms with E-state index in [0.29, 0.717) is 15.7 Å². The molecule has 1 amide bonds. The van der Waals surface area contributed by atoms with Crippen molar-refractivity contribution in [2.24, 2.45) is 0 Å². The number of nitrogens with one attached hydrogen (secondary N) is 2. The highest BCUT2D eigenvalue weighted by molar-refractivity contribution is 8.01. The van der Waals surface area contributed by atoms with Crippen molar-refractivity contribution in [1.82, 2.24) is 15.2 Å². The van der Waals surface area contributed by atoms with Crippen LogP contribution in [0.4, 0.5) is 5.69 Å². The van der Waals surface area contributed by atoms with Crippen molar-refractivity contribution in [2.75, 3.05) is 29.8 Å². The molecule has 0 spiro atoms. The van der Waals surface area contributed by atoms with Crippen LogP contribution in [0.5, 0.6) is 0 Å². The third kappa shape index (κ3) is 7.22. The van der Waals surface area contributed by atoms with Gasteiger partial charge in [0.15, 0.2) is 4.34 Å². The number of anilines is 1. The zero-order chi connectivity index (χ0) is 24.3. The van der Waals surface area contributed by atoms with Crippen LogP contribution in [0.15, 0.2) is 40.7 Å². The molecule has 0 radical (unpaired) electrons. The fourth-order valence-corrected chi connectivity index (χ4v) is 6.57. The number of benzene rings is 2. The third-order valence-electron chi connectivity index (χ3n) is 5.34. The predicted octanol–water partition coefficient (Wildman–Crippen LogP) is 4.85. The van der Waals surface area contributed by atoms with E-state index in [1.54, 1.807) is 18.2 Å². The fraction of sp³-hybridized carbons (Fsp3) is 0.364. The number of rotatable bonds is 8. The van der Waals surface area contributed by atoms with Crippen LogP contribution in [0.3, 0.4) is 0 Å². The lowest BCUT2D eigenvalue weighted by atomic mass is 10.0. The minimum absolute atomic E-state index is 0.00776. The average Bonchev–Trinajstić information content (AvgIpc) is 3.17. The fourth-order valence-electron chi connectivity index (χ4n) is 3.77. The quantitative estimate of drug-likeness (QED) is 0.384. The monoisotopic (exact) mass is 558 g/mol. The van der Waals surface area contributed by atoms with E-state index >= 15 is 0 Å². The minimum atomic E-state index is -3.33. The zero-order valence-corrected chi connectivity index (χ0v) is 22.3. The summed E-state index contributed by atoms with van der Waals surface area (Å²) in [6.45, 7) is 2.62. The second kappa shape index (κ2) is 11.0. The van der Waals surface area contributed by atoms with Gasteiger partial charge in [-0.25, -0.2) is 13.4 Å². The van der Waals surface area contributed by atoms with Crippen molar-refractivity contribution in [3.8, 4) is 0 Å². The second-order valence-corrected chi connectivity index (χ2v) is 13.0. The Bertz CT molecular complexity index is 1290. The van der Waals surface area contributed by atoms with Crippen molar-refractivity contribution in [3.05, 3.63) is 52.0 Å². The van der Waals surface area contributed by atoms with Crippen LogP contribution in [-0.4, -0.2) is 55.3 Å². The van der Waals surface area contributed by atoms with Gasteiger partial charge in [-0.15, -0.1) is 11.3 Å². The molecule has 1 aliphatic rings. The number of halogens is 2. The van der Waals surface area contributed by atoms with E-state index in [2.05, 4.69) is 19.9 Å². The van der Waals surface area contributed by atoms with Crippen molar-refractivity contribution < 1.29 is 13.2 Å². The molecule has 0 bridgehead atoms. The number of carbonyl (C=O) groups is 1. The molecule has 34 heavy (non-hydrogen) atoms. The lowest BCUT2D eigenvalue weighted by Crippen LogP contribution is -2.44. The number of likely N-dealkylation sites (tertiary alicyclic amines) is 1. The van der Waals surface area contributed by atoms with Gasteiger partial charge in [-0.1, -0.05) is 41.0 Å². The summed E-state index contributed by atoms with van der Waals surface area (Å²) < 4.78 is 27.0. The SMILES string of the molecule is CS(=O)(=O)Nc1ccc2nc(SCC(=O)NC3CCN(Cc4ccc(Cl)c(Cl)c4)CC3)sc2c1. The molecule has 7 nitrogen and oxygen atoms in total. The lowest BCUT2D eigenvalue weighted by molar-refractivity contribution is -0.119. The van der Waals surface area contributed by atoms with E-state index < -0.39 is 10.0 Å². The first kappa shape index (κ1) is 25.5. The average molecular weight is 560 g/mol. The first-order valence-electron chi connectivity index (χ1n) is 10.6. The van der Waals surface area contributed by atoms with Crippen LogP contribution in [0.25, 0.3) is 10.2 Å². The van der Waals surface area contributed by atoms with E-state index in [1.165, 1.54) is 23.1 Å². The number of sulfonamides is 1. The molecule has 1 aromatic heterocycles. The summed E-state index contributed by atoms with van der Waals surface area (Å²) in [4.78, 5) is 19.4. The molecule has 1 saturated heterocycles. The van der Waals surface area contributed by atoms with Gasteiger partial charge in [-0.3, -0.25) is 14.4 Å². The van der Waals surface area contributed by atoms with Gasteiger partial charge < -0.3 is 5.32 Å². The highest BCUT2D eigenvalue weighted by atomic mass is 35.5. The summed E-state index contributed by atoms with van der Waals surface area (Å²) in [5.41, 5.74) is 2.41. The Balaban J connectivity index is 1.23. The van der Waals surface area contributed by atoms with Crippen LogP contribution in [-0.2, 0) is 21.4 Å². The second-order valence-electron chi connectivity index (χ2n) is 8.19. The molecule has 3 aromatic rings. The number of piperidine rings is 1. The summed E-state index contributed by atoms with van der Waals surface area (Å²) in [7, 11) is -3.33. The Labute approximate surface area is 217 Å². The van der Waals surface area contributed by atoms with Gasteiger partial charge in [-0.2, -0.15) is 0 Å². The molecule has 4 rings (SSSR count). The maximum atomic E-state index is 12.5. The summed E-state index contributed by atoms with van der Waals surface area (Å²) in [6, 6.07) is 11.1. The number of hydrogen-bond acceptors (Lipinski definition) is 7. The number of thiazole rings is 1. The Morgan fingerprint density at radius 1 is 1.18 bits per heavy atom. The third-order valence-corrected chi connectivity index (χ3v) is 8.85. The van der Waals surface area contributed by atoms with E-state index in [0.717, 1.165) is 58.9 Å². The van der Waals surface area contributed by atoms with Gasteiger partial charge >= 0.3 is 0 Å². The van der Waals surface area contributed by atoms with Gasteiger partial charge in [0.25, 0.3) is 0 Å². The van der Waals surface area contributed by atoms with E-state index in [9.17, 15) is 13.2 Å². The van der Waals surface area contributed by atoms with Gasteiger partial charge in [0.1, 0.15) is 0 Å². The Hall–Kier alpha value is -1.56. The Morgan fingerprint density at radius 3 is 2.65 bits per heavy atom. The van der Waals surface area contributed by atoms with E-state index in [-0.39, 0.29) is 17.7 Å². The number of aromatic nitrogens is 1. The molecule has 0 atom stereocenters. The molecule has 1 aliphatic heterocycles. The van der Waals surface area contributed by atoms with Crippen LogP contribution in [0, 0.1) is 0 Å². The van der Waals surface area contributed by atoms with E-state index in [1.807, 2.05) is 18.2 Å². The minimum Gasteiger partial charge on any atom is -0.353 e. The maximum absolute atomic E-state index is 12.5. The molecule has 12 heteroatoms. The topological polar surface area (TPSA) is 91.4 Å². The number of amides is 1. The first-order chi connectivity index (χ1) is 16.1. The van der Waals surface area contributed by atoms with Crippen molar-refractivity contribution in [3.63, 3.8) is 0 Å². The predicted molar refractivity (Wildman–Crippen MR) is 142 cm³/mol. The zero-order valence-electron chi connectivity index (χ0n) is 18.4. The van der Waals surface area contributed by atoms with Crippen molar-refractivity contribution in [1.29, 1.82) is 0 Å². The van der Waals surface area contributed by atoms with Gasteiger partial charge in [0.2, 0.25) is 15.9 Å². The van der Waals surface area contributed by atoms with Gasteiger partial charge in [0.05, 0.1) is 38.0 Å². The largest absolute Gasteiger partial charge is 0.353 e. The molecule has 2 N–H and O–H groups in total. The highest BCUT2D eigenvalue weighted by Crippen LogP contribution is 2.31. The molecular formula is C22H24Cl2N4O3S3. The van der Waals surface area contributed by atoms with Crippen LogP contribution >= 0.6 is 46.3 Å². The first-order valence-corrected chi connectivity index (χ1v) is 15.1. The van der Waals surface area contributed by atoms with Crippen LogP contribution < -0.4 is 10.0 Å². The summed E-state index contributed by atoms with van der Waals surface area (Å²) in [5, 5.41) is 4.26. The standard InChI is InChI=1S/C22H24Cl2N4O3S3/c1-34(30,31)27-16-3-5-19-20(11-16)33-22(26-19)32-13-21(29)25-15-6-8-28(9-7-15)12-14-2-4-17(23)18(24)10-14/h2-5,10-11,15,27H,6-9,12-13H2,1H3,(H,25,29). The molecule has 2 aromatic carbocycles. The van der Waals surface area contributed by atoms with E-state index in [4.69, 9.17) is 23.2 Å². The number of thioether (sulfide) groups is 1.